The van der Waals surface area contributed by atoms with E-state index in [1.54, 1.807) is 0 Å². The number of hydrogen-bond donors (Lipinski definition) is 2. The number of carbonyl (C=O) groups is 1. The van der Waals surface area contributed by atoms with Gasteiger partial charge in [0.05, 0.1) is 4.90 Å². The zero-order valence-electron chi connectivity index (χ0n) is 16.4. The largest absolute Gasteiger partial charge is 0.322 e. The third-order valence-electron chi connectivity index (χ3n) is 4.26. The summed E-state index contributed by atoms with van der Waals surface area (Å²) in [5.74, 6) is -5.79. The Bertz CT molecular complexity index is 1230. The Morgan fingerprint density at radius 2 is 1.53 bits per heavy atom. The van der Waals surface area contributed by atoms with Gasteiger partial charge in [0.15, 0.2) is 0 Å². The van der Waals surface area contributed by atoms with Gasteiger partial charge >= 0.3 is 0 Å². The van der Waals surface area contributed by atoms with Crippen LogP contribution in [0.3, 0.4) is 0 Å². The van der Waals surface area contributed by atoms with Crippen LogP contribution < -0.4 is 10.0 Å². The highest BCUT2D eigenvalue weighted by molar-refractivity contribution is 7.99. The number of alkyl halides is 2. The van der Waals surface area contributed by atoms with Crippen LogP contribution in [0.15, 0.2) is 70.5 Å². The summed E-state index contributed by atoms with van der Waals surface area (Å²) in [6.45, 7) is 1.53. The number of nitrogens with one attached hydrogen (secondary N) is 2. The molecule has 0 spiro atoms. The molecule has 1 amide bonds. The molecule has 11 heteroatoms. The second-order valence-corrected chi connectivity index (χ2v) is 9.25. The lowest BCUT2D eigenvalue weighted by Gasteiger charge is -2.13. The molecule has 0 heterocycles. The summed E-state index contributed by atoms with van der Waals surface area (Å²) in [5.41, 5.74) is -0.298. The van der Waals surface area contributed by atoms with Crippen LogP contribution in [0.2, 0.25) is 0 Å². The number of aryl methyl sites for hydroxylation is 1. The van der Waals surface area contributed by atoms with Crippen LogP contribution in [-0.2, 0) is 10.0 Å². The third kappa shape index (κ3) is 5.60. The number of halogens is 4. The van der Waals surface area contributed by atoms with Crippen molar-refractivity contribution in [2.75, 3.05) is 10.0 Å². The highest BCUT2D eigenvalue weighted by atomic mass is 32.2. The van der Waals surface area contributed by atoms with Gasteiger partial charge in [-0.1, -0.05) is 23.9 Å². The molecular formula is C21H16F4N2O3S2. The van der Waals surface area contributed by atoms with Gasteiger partial charge < -0.3 is 5.32 Å². The van der Waals surface area contributed by atoms with Gasteiger partial charge in [-0.2, -0.15) is 8.78 Å². The smallest absolute Gasteiger partial charge is 0.288 e. The van der Waals surface area contributed by atoms with Gasteiger partial charge in [0.1, 0.15) is 17.2 Å². The summed E-state index contributed by atoms with van der Waals surface area (Å²) in [6, 6.07) is 12.3. The second-order valence-electron chi connectivity index (χ2n) is 6.54. The van der Waals surface area contributed by atoms with E-state index in [4.69, 9.17) is 0 Å². The summed E-state index contributed by atoms with van der Waals surface area (Å²) in [4.78, 5) is 12.4. The van der Waals surface area contributed by atoms with Crippen molar-refractivity contribution in [3.63, 3.8) is 0 Å². The van der Waals surface area contributed by atoms with Crippen molar-refractivity contribution in [3.8, 4) is 0 Å². The Hall–Kier alpha value is -3.05. The van der Waals surface area contributed by atoms with Crippen LogP contribution in [0.25, 0.3) is 0 Å². The molecule has 5 nitrogen and oxygen atoms in total. The van der Waals surface area contributed by atoms with Crippen LogP contribution >= 0.6 is 11.8 Å². The lowest BCUT2D eigenvalue weighted by atomic mass is 10.1. The van der Waals surface area contributed by atoms with E-state index >= 15 is 0 Å². The van der Waals surface area contributed by atoms with Crippen LogP contribution in [-0.4, -0.2) is 20.1 Å². The lowest BCUT2D eigenvalue weighted by Crippen LogP contribution is -2.18. The maximum absolute atomic E-state index is 13.8. The second kappa shape index (κ2) is 9.61. The van der Waals surface area contributed by atoms with Gasteiger partial charge in [-0.25, -0.2) is 17.2 Å². The van der Waals surface area contributed by atoms with E-state index in [2.05, 4.69) is 10.0 Å². The highest BCUT2D eigenvalue weighted by Gasteiger charge is 2.21. The predicted octanol–water partition coefficient (Wildman–Crippen LogP) is 5.64. The van der Waals surface area contributed by atoms with Crippen molar-refractivity contribution in [2.24, 2.45) is 0 Å². The molecule has 0 aliphatic heterocycles. The highest BCUT2D eigenvalue weighted by Crippen LogP contribution is 2.28. The number of benzene rings is 3. The lowest BCUT2D eigenvalue weighted by molar-refractivity contribution is 0.101. The van der Waals surface area contributed by atoms with Crippen molar-refractivity contribution in [3.05, 3.63) is 83.4 Å². The van der Waals surface area contributed by atoms with E-state index in [0.717, 1.165) is 24.3 Å². The molecule has 0 saturated heterocycles. The molecule has 0 aliphatic rings. The molecule has 0 atom stereocenters. The van der Waals surface area contributed by atoms with Gasteiger partial charge in [0.25, 0.3) is 21.7 Å². The molecule has 0 aromatic heterocycles. The first-order valence-electron chi connectivity index (χ1n) is 9.00. The van der Waals surface area contributed by atoms with E-state index in [1.165, 1.54) is 43.3 Å². The standard InChI is InChI=1S/C21H16F4N2O3S2/c1-12-5-6-14(26-20(28)19-16(22)3-2-4-17(19)23)11-18(12)32(29,30)27-13-7-9-15(10-8-13)31-21(24)25/h2-11,21,27H,1H3,(H,26,28). The van der Waals surface area contributed by atoms with Crippen LogP contribution in [0.1, 0.15) is 15.9 Å². The van der Waals surface area contributed by atoms with Gasteiger partial charge in [0, 0.05) is 16.3 Å². The van der Waals surface area contributed by atoms with Crippen LogP contribution in [0, 0.1) is 18.6 Å². The van der Waals surface area contributed by atoms with Crippen LogP contribution in [0.5, 0.6) is 0 Å². The zero-order chi connectivity index (χ0) is 23.5. The van der Waals surface area contributed by atoms with Crippen molar-refractivity contribution in [1.29, 1.82) is 0 Å². The molecule has 0 unspecified atom stereocenters. The molecule has 3 aromatic carbocycles. The Kier molecular flexibility index (Phi) is 7.09. The number of hydrogen-bond acceptors (Lipinski definition) is 4. The summed E-state index contributed by atoms with van der Waals surface area (Å²) >= 11 is 0.328. The van der Waals surface area contributed by atoms with E-state index in [9.17, 15) is 30.8 Å². The number of anilines is 2. The van der Waals surface area contributed by atoms with Gasteiger partial charge in [-0.15, -0.1) is 0 Å². The first-order chi connectivity index (χ1) is 15.1. The quantitative estimate of drug-likeness (QED) is 0.336. The van der Waals surface area contributed by atoms with E-state index < -0.39 is 38.9 Å². The average molecular weight is 484 g/mol. The summed E-state index contributed by atoms with van der Waals surface area (Å²) in [7, 11) is -4.12. The maximum Gasteiger partial charge on any atom is 0.288 e. The molecule has 168 valence electrons. The molecule has 3 aromatic rings. The number of rotatable bonds is 7. The van der Waals surface area contributed by atoms with Crippen molar-refractivity contribution in [1.82, 2.24) is 0 Å². The normalized spacial score (nSPS) is 11.4. The minimum atomic E-state index is -4.12. The number of thioether (sulfide) groups is 1. The molecule has 32 heavy (non-hydrogen) atoms. The van der Waals surface area contributed by atoms with E-state index in [1.807, 2.05) is 0 Å². The molecule has 0 fully saturated rings. The minimum Gasteiger partial charge on any atom is -0.322 e. The van der Waals surface area contributed by atoms with E-state index in [-0.39, 0.29) is 21.2 Å². The van der Waals surface area contributed by atoms with E-state index in [0.29, 0.717) is 17.3 Å². The fourth-order valence-corrected chi connectivity index (χ4v) is 4.62. The molecule has 3 rings (SSSR count). The zero-order valence-corrected chi connectivity index (χ0v) is 18.0. The molecule has 0 saturated carbocycles. The fourth-order valence-electron chi connectivity index (χ4n) is 2.79. The number of carbonyl (C=O) groups excluding carboxylic acids is 1. The van der Waals surface area contributed by atoms with Crippen LogP contribution in [0.4, 0.5) is 28.9 Å². The SMILES string of the molecule is Cc1ccc(NC(=O)c2c(F)cccc2F)cc1S(=O)(=O)Nc1ccc(SC(F)F)cc1. The maximum atomic E-state index is 13.8. The third-order valence-corrected chi connectivity index (χ3v) is 6.50. The Balaban J connectivity index is 1.83. The number of amides is 1. The monoisotopic (exact) mass is 484 g/mol. The van der Waals surface area contributed by atoms with Crippen molar-refractivity contribution < 1.29 is 30.8 Å². The summed E-state index contributed by atoms with van der Waals surface area (Å²) in [5, 5.41) is 2.28. The van der Waals surface area contributed by atoms with Gasteiger partial charge in [-0.05, 0) is 61.0 Å². The molecular weight excluding hydrogens is 468 g/mol. The van der Waals surface area contributed by atoms with Crippen molar-refractivity contribution in [2.45, 2.75) is 22.5 Å². The first-order valence-corrected chi connectivity index (χ1v) is 11.4. The molecule has 2 N–H and O–H groups in total. The topological polar surface area (TPSA) is 75.3 Å². The summed E-state index contributed by atoms with van der Waals surface area (Å²) < 4.78 is 80.5. The Labute approximate surface area is 185 Å². The molecule has 0 bridgehead atoms. The predicted molar refractivity (Wildman–Crippen MR) is 115 cm³/mol. The van der Waals surface area contributed by atoms with Gasteiger partial charge in [0.2, 0.25) is 0 Å². The van der Waals surface area contributed by atoms with Gasteiger partial charge in [-0.3, -0.25) is 9.52 Å². The average Bonchev–Trinajstić information content (AvgIpc) is 2.70. The molecule has 0 aliphatic carbocycles. The Morgan fingerprint density at radius 1 is 0.938 bits per heavy atom. The number of sulfonamides is 1. The fraction of sp³-hybridized carbons (Fsp3) is 0.0952. The Morgan fingerprint density at radius 3 is 2.12 bits per heavy atom. The minimum absolute atomic E-state index is 0.00677. The molecule has 0 radical (unpaired) electrons. The van der Waals surface area contributed by atoms with Crippen molar-refractivity contribution >= 4 is 39.1 Å². The first kappa shape index (κ1) is 23.6. The summed E-state index contributed by atoms with van der Waals surface area (Å²) in [6.07, 6.45) is 0.